The maximum Gasteiger partial charge on any atom is 0.0486 e. The molecule has 94 valence electrons. The molecule has 1 atom stereocenters. The zero-order valence-corrected chi connectivity index (χ0v) is 13.3. The molecule has 0 aliphatic heterocycles. The van der Waals surface area contributed by atoms with Crippen molar-refractivity contribution in [3.8, 4) is 0 Å². The highest BCUT2D eigenvalue weighted by Gasteiger charge is 2.06. The second-order valence-corrected chi connectivity index (χ2v) is 5.98. The van der Waals surface area contributed by atoms with Crippen LogP contribution in [0.2, 0.25) is 5.02 Å². The molecule has 3 heteroatoms. The van der Waals surface area contributed by atoms with Gasteiger partial charge in [-0.05, 0) is 71.8 Å². The van der Waals surface area contributed by atoms with E-state index in [9.17, 15) is 0 Å². The third kappa shape index (κ3) is 3.39. The fourth-order valence-electron chi connectivity index (χ4n) is 1.79. The molecule has 0 saturated carbocycles. The molecular weight excluding hydrogens is 357 g/mol. The predicted octanol–water partition coefficient (Wildman–Crippen LogP) is 5.43. The van der Waals surface area contributed by atoms with Crippen molar-refractivity contribution in [3.05, 3.63) is 62.2 Å². The Hall–Kier alpha value is -0.740. The molecule has 1 unspecified atom stereocenters. The lowest BCUT2D eigenvalue weighted by molar-refractivity contribution is 0.884. The highest BCUT2D eigenvalue weighted by molar-refractivity contribution is 14.1. The van der Waals surface area contributed by atoms with Crippen molar-refractivity contribution in [3.63, 3.8) is 0 Å². The van der Waals surface area contributed by atoms with Crippen molar-refractivity contribution >= 4 is 39.9 Å². The van der Waals surface area contributed by atoms with Crippen LogP contribution in [0.25, 0.3) is 0 Å². The van der Waals surface area contributed by atoms with Gasteiger partial charge >= 0.3 is 0 Å². The number of benzene rings is 2. The van der Waals surface area contributed by atoms with Crippen LogP contribution >= 0.6 is 34.2 Å². The Morgan fingerprint density at radius 1 is 1.17 bits per heavy atom. The van der Waals surface area contributed by atoms with Crippen molar-refractivity contribution < 1.29 is 0 Å². The van der Waals surface area contributed by atoms with E-state index in [0.717, 1.165) is 10.7 Å². The number of aryl methyl sites for hydroxylation is 1. The lowest BCUT2D eigenvalue weighted by atomic mass is 10.1. The summed E-state index contributed by atoms with van der Waals surface area (Å²) in [5.74, 6) is 0. The summed E-state index contributed by atoms with van der Waals surface area (Å²) in [7, 11) is 0. The van der Waals surface area contributed by atoms with Crippen LogP contribution < -0.4 is 5.32 Å². The molecule has 2 aromatic carbocycles. The minimum absolute atomic E-state index is 0.238. The van der Waals surface area contributed by atoms with E-state index < -0.39 is 0 Å². The Kier molecular flexibility index (Phi) is 4.51. The van der Waals surface area contributed by atoms with Crippen LogP contribution in [-0.2, 0) is 0 Å². The van der Waals surface area contributed by atoms with Gasteiger partial charge < -0.3 is 5.32 Å². The van der Waals surface area contributed by atoms with Crippen molar-refractivity contribution in [1.29, 1.82) is 0 Å². The van der Waals surface area contributed by atoms with Crippen LogP contribution in [0.1, 0.15) is 24.1 Å². The van der Waals surface area contributed by atoms with E-state index in [0.29, 0.717) is 0 Å². The molecule has 0 spiro atoms. The Morgan fingerprint density at radius 3 is 2.61 bits per heavy atom. The van der Waals surface area contributed by atoms with Crippen molar-refractivity contribution in [1.82, 2.24) is 0 Å². The van der Waals surface area contributed by atoms with Crippen molar-refractivity contribution in [2.75, 3.05) is 5.32 Å². The van der Waals surface area contributed by atoms with Crippen molar-refractivity contribution in [2.24, 2.45) is 0 Å². The highest BCUT2D eigenvalue weighted by Crippen LogP contribution is 2.23. The van der Waals surface area contributed by atoms with Crippen LogP contribution in [0.4, 0.5) is 5.69 Å². The van der Waals surface area contributed by atoms with E-state index in [4.69, 9.17) is 11.6 Å². The number of hydrogen-bond donors (Lipinski definition) is 1. The average Bonchev–Trinajstić information content (AvgIpc) is 2.34. The third-order valence-electron chi connectivity index (χ3n) is 2.90. The van der Waals surface area contributed by atoms with Gasteiger partial charge in [-0.25, -0.2) is 0 Å². The topological polar surface area (TPSA) is 12.0 Å². The molecule has 0 heterocycles. The van der Waals surface area contributed by atoms with Gasteiger partial charge in [-0.2, -0.15) is 0 Å². The Morgan fingerprint density at radius 2 is 1.94 bits per heavy atom. The predicted molar refractivity (Wildman–Crippen MR) is 87.4 cm³/mol. The minimum atomic E-state index is 0.238. The molecule has 0 aromatic heterocycles. The first-order chi connectivity index (χ1) is 8.56. The Bertz CT molecular complexity index is 554. The van der Waals surface area contributed by atoms with E-state index in [1.54, 1.807) is 0 Å². The van der Waals surface area contributed by atoms with E-state index >= 15 is 0 Å². The fourth-order valence-corrected chi connectivity index (χ4v) is 2.51. The van der Waals surface area contributed by atoms with Gasteiger partial charge in [-0.15, -0.1) is 0 Å². The molecule has 2 rings (SSSR count). The summed E-state index contributed by atoms with van der Waals surface area (Å²) in [6, 6.07) is 14.6. The molecule has 1 N–H and O–H groups in total. The Labute approximate surface area is 127 Å². The minimum Gasteiger partial charge on any atom is -0.378 e. The van der Waals surface area contributed by atoms with Gasteiger partial charge in [0.25, 0.3) is 0 Å². The molecule has 0 aliphatic rings. The summed E-state index contributed by atoms with van der Waals surface area (Å²) in [4.78, 5) is 0. The number of halogens is 2. The normalized spacial score (nSPS) is 12.2. The van der Waals surface area contributed by atoms with Gasteiger partial charge in [0.15, 0.2) is 0 Å². The number of anilines is 1. The van der Waals surface area contributed by atoms with Crippen LogP contribution in [0.5, 0.6) is 0 Å². The van der Waals surface area contributed by atoms with Crippen LogP contribution in [-0.4, -0.2) is 0 Å². The quantitative estimate of drug-likeness (QED) is 0.710. The SMILES string of the molecule is Cc1ccc(NC(C)c2cccc(Cl)c2)cc1I. The molecular formula is C15H15ClIN. The maximum atomic E-state index is 6.01. The lowest BCUT2D eigenvalue weighted by Gasteiger charge is -2.16. The van der Waals surface area contributed by atoms with Gasteiger partial charge in [0.05, 0.1) is 0 Å². The summed E-state index contributed by atoms with van der Waals surface area (Å²) in [5.41, 5.74) is 3.63. The van der Waals surface area contributed by atoms with E-state index in [2.05, 4.69) is 66.0 Å². The standard InChI is InChI=1S/C15H15ClIN/c1-10-6-7-14(9-15(10)17)18-11(2)12-4-3-5-13(16)8-12/h3-9,11,18H,1-2H3. The molecule has 0 saturated heterocycles. The van der Waals surface area contributed by atoms with Gasteiger partial charge in [0, 0.05) is 20.3 Å². The first kappa shape index (κ1) is 13.7. The fraction of sp³-hybridized carbons (Fsp3) is 0.200. The van der Waals surface area contributed by atoms with Crippen LogP contribution in [0, 0.1) is 10.5 Å². The largest absolute Gasteiger partial charge is 0.378 e. The molecule has 0 radical (unpaired) electrons. The zero-order chi connectivity index (χ0) is 13.1. The Balaban J connectivity index is 2.16. The molecule has 0 amide bonds. The van der Waals surface area contributed by atoms with Gasteiger partial charge in [-0.1, -0.05) is 29.8 Å². The van der Waals surface area contributed by atoms with E-state index in [-0.39, 0.29) is 6.04 Å². The highest BCUT2D eigenvalue weighted by atomic mass is 127. The second-order valence-electron chi connectivity index (χ2n) is 4.38. The number of rotatable bonds is 3. The summed E-state index contributed by atoms with van der Waals surface area (Å²) in [6.07, 6.45) is 0. The van der Waals surface area contributed by atoms with Gasteiger partial charge in [0.2, 0.25) is 0 Å². The van der Waals surface area contributed by atoms with E-state index in [1.165, 1.54) is 14.7 Å². The second kappa shape index (κ2) is 5.93. The molecule has 0 bridgehead atoms. The first-order valence-electron chi connectivity index (χ1n) is 5.84. The first-order valence-corrected chi connectivity index (χ1v) is 7.30. The number of nitrogens with one attached hydrogen (secondary N) is 1. The lowest BCUT2D eigenvalue weighted by Crippen LogP contribution is -2.06. The smallest absolute Gasteiger partial charge is 0.0486 e. The maximum absolute atomic E-state index is 6.01. The summed E-state index contributed by atoms with van der Waals surface area (Å²) in [5, 5.41) is 4.27. The average molecular weight is 372 g/mol. The molecule has 1 nitrogen and oxygen atoms in total. The number of hydrogen-bond acceptors (Lipinski definition) is 1. The van der Waals surface area contributed by atoms with Crippen LogP contribution in [0.3, 0.4) is 0 Å². The molecule has 0 aliphatic carbocycles. The molecule has 0 fully saturated rings. The summed E-state index contributed by atoms with van der Waals surface area (Å²) >= 11 is 8.36. The zero-order valence-electron chi connectivity index (χ0n) is 10.4. The van der Waals surface area contributed by atoms with E-state index in [1.807, 2.05) is 18.2 Å². The monoisotopic (exact) mass is 371 g/mol. The summed E-state index contributed by atoms with van der Waals surface area (Å²) in [6.45, 7) is 4.25. The van der Waals surface area contributed by atoms with Crippen molar-refractivity contribution in [2.45, 2.75) is 19.9 Å². The molecule has 2 aromatic rings. The molecule has 18 heavy (non-hydrogen) atoms. The summed E-state index contributed by atoms with van der Waals surface area (Å²) < 4.78 is 1.27. The van der Waals surface area contributed by atoms with Gasteiger partial charge in [0.1, 0.15) is 0 Å². The third-order valence-corrected chi connectivity index (χ3v) is 4.30. The van der Waals surface area contributed by atoms with Crippen LogP contribution in [0.15, 0.2) is 42.5 Å². The van der Waals surface area contributed by atoms with Gasteiger partial charge in [-0.3, -0.25) is 0 Å².